The van der Waals surface area contributed by atoms with E-state index in [0.717, 1.165) is 30.5 Å². The van der Waals surface area contributed by atoms with E-state index < -0.39 is 0 Å². The summed E-state index contributed by atoms with van der Waals surface area (Å²) in [6.07, 6.45) is 5.55. The van der Waals surface area contributed by atoms with E-state index in [0.29, 0.717) is 0 Å². The monoisotopic (exact) mass is 162 g/mol. The van der Waals surface area contributed by atoms with Crippen LogP contribution in [-0.2, 0) is 0 Å². The molecule has 1 rings (SSSR count). The van der Waals surface area contributed by atoms with Crippen molar-refractivity contribution in [3.8, 4) is 0 Å². The zero-order chi connectivity index (χ0) is 8.81. The number of rotatable bonds is 4. The van der Waals surface area contributed by atoms with Gasteiger partial charge in [0.2, 0.25) is 0 Å². The molecule has 1 aromatic heterocycles. The van der Waals surface area contributed by atoms with Crippen LogP contribution in [0.1, 0.15) is 18.4 Å². The SMILES string of the molecule is C=C(CCCN)c1cccnc1. The van der Waals surface area contributed by atoms with Crippen molar-refractivity contribution in [1.29, 1.82) is 0 Å². The minimum atomic E-state index is 0.722. The summed E-state index contributed by atoms with van der Waals surface area (Å²) in [4.78, 5) is 4.02. The number of hydrogen-bond donors (Lipinski definition) is 1. The first-order valence-corrected chi connectivity index (χ1v) is 4.13. The lowest BCUT2D eigenvalue weighted by Gasteiger charge is -2.02. The summed E-state index contributed by atoms with van der Waals surface area (Å²) in [6.45, 7) is 4.69. The highest BCUT2D eigenvalue weighted by Gasteiger charge is 1.96. The molecule has 0 aliphatic heterocycles. The van der Waals surface area contributed by atoms with E-state index in [-0.39, 0.29) is 0 Å². The van der Waals surface area contributed by atoms with Crippen LogP contribution in [0.2, 0.25) is 0 Å². The fourth-order valence-corrected chi connectivity index (χ4v) is 1.03. The molecule has 1 aromatic rings. The number of aromatic nitrogens is 1. The largest absolute Gasteiger partial charge is 0.330 e. The molecule has 2 nitrogen and oxygen atoms in total. The van der Waals surface area contributed by atoms with Crippen LogP contribution in [0.4, 0.5) is 0 Å². The van der Waals surface area contributed by atoms with Crippen LogP contribution in [0.5, 0.6) is 0 Å². The second kappa shape index (κ2) is 4.67. The Hall–Kier alpha value is -1.15. The van der Waals surface area contributed by atoms with Gasteiger partial charge in [-0.05, 0) is 36.6 Å². The van der Waals surface area contributed by atoms with E-state index >= 15 is 0 Å². The zero-order valence-electron chi connectivity index (χ0n) is 7.16. The van der Waals surface area contributed by atoms with Gasteiger partial charge in [-0.25, -0.2) is 0 Å². The number of nitrogens with two attached hydrogens (primary N) is 1. The second-order valence-electron chi connectivity index (χ2n) is 2.74. The Bertz CT molecular complexity index is 241. The number of hydrogen-bond acceptors (Lipinski definition) is 2. The standard InChI is InChI=1S/C10H14N2/c1-9(4-2-6-11)10-5-3-7-12-8-10/h3,5,7-8H,1-2,4,6,11H2. The predicted octanol–water partition coefficient (Wildman–Crippen LogP) is 1.83. The van der Waals surface area contributed by atoms with Crippen molar-refractivity contribution in [2.24, 2.45) is 5.73 Å². The minimum absolute atomic E-state index is 0.722. The lowest BCUT2D eigenvalue weighted by molar-refractivity contribution is 0.865. The molecule has 0 saturated carbocycles. The highest BCUT2D eigenvalue weighted by atomic mass is 14.6. The minimum Gasteiger partial charge on any atom is -0.330 e. The van der Waals surface area contributed by atoms with E-state index in [2.05, 4.69) is 11.6 Å². The molecule has 0 radical (unpaired) electrons. The summed E-state index contributed by atoms with van der Waals surface area (Å²) in [5, 5.41) is 0. The van der Waals surface area contributed by atoms with Crippen LogP contribution in [0.15, 0.2) is 31.1 Å². The molecule has 0 amide bonds. The molecule has 12 heavy (non-hydrogen) atoms. The molecule has 0 aliphatic carbocycles. The summed E-state index contributed by atoms with van der Waals surface area (Å²) in [5.41, 5.74) is 7.63. The Kier molecular flexibility index (Phi) is 3.48. The molecular weight excluding hydrogens is 148 g/mol. The zero-order valence-corrected chi connectivity index (χ0v) is 7.16. The fraction of sp³-hybridized carbons (Fsp3) is 0.300. The molecule has 0 aromatic carbocycles. The van der Waals surface area contributed by atoms with Crippen LogP contribution in [0, 0.1) is 0 Å². The molecule has 2 heteroatoms. The molecule has 64 valence electrons. The summed E-state index contributed by atoms with van der Waals surface area (Å²) < 4.78 is 0. The first-order chi connectivity index (χ1) is 5.84. The fourth-order valence-electron chi connectivity index (χ4n) is 1.03. The predicted molar refractivity (Wildman–Crippen MR) is 51.6 cm³/mol. The quantitative estimate of drug-likeness (QED) is 0.733. The van der Waals surface area contributed by atoms with Crippen molar-refractivity contribution in [2.45, 2.75) is 12.8 Å². The van der Waals surface area contributed by atoms with Crippen LogP contribution in [-0.4, -0.2) is 11.5 Å². The van der Waals surface area contributed by atoms with E-state index in [1.165, 1.54) is 0 Å². The van der Waals surface area contributed by atoms with Gasteiger partial charge in [-0.3, -0.25) is 4.98 Å². The Balaban J connectivity index is 2.54. The molecule has 0 bridgehead atoms. The third kappa shape index (κ3) is 2.47. The Morgan fingerprint density at radius 3 is 3.00 bits per heavy atom. The van der Waals surface area contributed by atoms with Crippen molar-refractivity contribution in [3.63, 3.8) is 0 Å². The van der Waals surface area contributed by atoms with Gasteiger partial charge in [-0.2, -0.15) is 0 Å². The van der Waals surface area contributed by atoms with Crippen LogP contribution >= 0.6 is 0 Å². The number of pyridine rings is 1. The smallest absolute Gasteiger partial charge is 0.0342 e. The maximum atomic E-state index is 5.40. The van der Waals surface area contributed by atoms with Gasteiger partial charge in [0.05, 0.1) is 0 Å². The van der Waals surface area contributed by atoms with Gasteiger partial charge < -0.3 is 5.73 Å². The first kappa shape index (κ1) is 8.94. The summed E-state index contributed by atoms with van der Waals surface area (Å²) >= 11 is 0. The van der Waals surface area contributed by atoms with Crippen molar-refractivity contribution in [3.05, 3.63) is 36.7 Å². The van der Waals surface area contributed by atoms with E-state index in [1.807, 2.05) is 18.3 Å². The van der Waals surface area contributed by atoms with Crippen molar-refractivity contribution in [2.75, 3.05) is 6.54 Å². The molecule has 0 aliphatic rings. The third-order valence-electron chi connectivity index (χ3n) is 1.75. The van der Waals surface area contributed by atoms with E-state index in [9.17, 15) is 0 Å². The molecule has 1 heterocycles. The molecule has 0 spiro atoms. The average molecular weight is 162 g/mol. The highest BCUT2D eigenvalue weighted by Crippen LogP contribution is 2.15. The van der Waals surface area contributed by atoms with Crippen LogP contribution in [0.3, 0.4) is 0 Å². The molecule has 2 N–H and O–H groups in total. The molecule has 0 saturated heterocycles. The van der Waals surface area contributed by atoms with Gasteiger partial charge in [0, 0.05) is 12.4 Å². The van der Waals surface area contributed by atoms with E-state index in [4.69, 9.17) is 5.73 Å². The van der Waals surface area contributed by atoms with Gasteiger partial charge in [-0.1, -0.05) is 12.6 Å². The average Bonchev–Trinajstić information content (AvgIpc) is 2.15. The molecule has 0 fully saturated rings. The van der Waals surface area contributed by atoms with Gasteiger partial charge in [0.15, 0.2) is 0 Å². The first-order valence-electron chi connectivity index (χ1n) is 4.13. The summed E-state index contributed by atoms with van der Waals surface area (Å²) in [5.74, 6) is 0. The summed E-state index contributed by atoms with van der Waals surface area (Å²) in [7, 11) is 0. The second-order valence-corrected chi connectivity index (χ2v) is 2.74. The Labute approximate surface area is 73.1 Å². The number of allylic oxidation sites excluding steroid dienone is 1. The van der Waals surface area contributed by atoms with Crippen molar-refractivity contribution >= 4 is 5.57 Å². The molecule has 0 atom stereocenters. The maximum absolute atomic E-state index is 5.40. The molecular formula is C10H14N2. The number of nitrogens with zero attached hydrogens (tertiary/aromatic N) is 1. The Morgan fingerprint density at radius 1 is 1.58 bits per heavy atom. The topological polar surface area (TPSA) is 38.9 Å². The maximum Gasteiger partial charge on any atom is 0.0342 e. The lowest BCUT2D eigenvalue weighted by atomic mass is 10.1. The third-order valence-corrected chi connectivity index (χ3v) is 1.75. The van der Waals surface area contributed by atoms with Crippen LogP contribution < -0.4 is 5.73 Å². The molecule has 0 unspecified atom stereocenters. The van der Waals surface area contributed by atoms with Gasteiger partial charge in [0.25, 0.3) is 0 Å². The van der Waals surface area contributed by atoms with Gasteiger partial charge >= 0.3 is 0 Å². The van der Waals surface area contributed by atoms with E-state index in [1.54, 1.807) is 6.20 Å². The lowest BCUT2D eigenvalue weighted by Crippen LogP contribution is -1.98. The highest BCUT2D eigenvalue weighted by molar-refractivity contribution is 5.62. The Morgan fingerprint density at radius 2 is 2.42 bits per heavy atom. The van der Waals surface area contributed by atoms with Crippen molar-refractivity contribution < 1.29 is 0 Å². The normalized spacial score (nSPS) is 9.75. The van der Waals surface area contributed by atoms with Gasteiger partial charge in [-0.15, -0.1) is 0 Å². The summed E-state index contributed by atoms with van der Waals surface area (Å²) in [6, 6.07) is 3.94. The van der Waals surface area contributed by atoms with Gasteiger partial charge in [0.1, 0.15) is 0 Å². The van der Waals surface area contributed by atoms with Crippen molar-refractivity contribution in [1.82, 2.24) is 4.98 Å². The van der Waals surface area contributed by atoms with Crippen LogP contribution in [0.25, 0.3) is 5.57 Å².